The second-order valence-electron chi connectivity index (χ2n) is 14.8. The number of allylic oxidation sites excluding steroid dienone is 3. The minimum absolute atomic E-state index is 0.0705. The van der Waals surface area contributed by atoms with E-state index in [2.05, 4.69) is 31.3 Å². The molecule has 0 saturated carbocycles. The van der Waals surface area contributed by atoms with Gasteiger partial charge in [-0.2, -0.15) is 0 Å². The van der Waals surface area contributed by atoms with Crippen molar-refractivity contribution >= 4 is 5.91 Å². The summed E-state index contributed by atoms with van der Waals surface area (Å²) in [5.74, 6) is -0.0705. The topological polar surface area (TPSA) is 69.6 Å². The van der Waals surface area contributed by atoms with E-state index in [9.17, 15) is 15.0 Å². The van der Waals surface area contributed by atoms with Crippen molar-refractivity contribution in [2.45, 2.75) is 244 Å². The molecule has 0 saturated heterocycles. The van der Waals surface area contributed by atoms with Crippen LogP contribution in [0.5, 0.6) is 0 Å². The quantitative estimate of drug-likeness (QED) is 0.0448. The summed E-state index contributed by atoms with van der Waals surface area (Å²) in [6.45, 7) is 4.31. The Kier molecular flexibility index (Phi) is 39.4. The van der Waals surface area contributed by atoms with Crippen LogP contribution in [-0.2, 0) is 4.79 Å². The second-order valence-corrected chi connectivity index (χ2v) is 14.8. The molecule has 0 fully saturated rings. The predicted octanol–water partition coefficient (Wildman–Crippen LogP) is 13.2. The molecule has 48 heavy (non-hydrogen) atoms. The minimum atomic E-state index is -0.857. The van der Waals surface area contributed by atoms with E-state index in [1.165, 1.54) is 180 Å². The van der Waals surface area contributed by atoms with Crippen LogP contribution in [0.3, 0.4) is 0 Å². The van der Waals surface area contributed by atoms with Gasteiger partial charge < -0.3 is 15.5 Å². The lowest BCUT2D eigenvalue weighted by Gasteiger charge is -2.19. The standard InChI is InChI=1S/C44H85NO3/c1-3-5-7-9-11-13-15-17-19-21-22-24-26-28-30-32-34-36-38-40-44(48)45-42(41-46)43(47)39-37-35-33-31-29-27-25-23-20-18-16-14-12-10-8-6-4-2/h29,31,37,39,42-43,46-47H,3-28,30,32-36,38,40-41H2,1-2H3,(H,45,48)/b31-29+,39-37+. The van der Waals surface area contributed by atoms with Crippen molar-refractivity contribution < 1.29 is 15.0 Å². The van der Waals surface area contributed by atoms with Crippen LogP contribution in [0.2, 0.25) is 0 Å². The van der Waals surface area contributed by atoms with Gasteiger partial charge in [0.15, 0.2) is 0 Å². The van der Waals surface area contributed by atoms with E-state index in [0.717, 1.165) is 32.1 Å². The van der Waals surface area contributed by atoms with E-state index in [4.69, 9.17) is 0 Å². The fraction of sp³-hybridized carbons (Fsp3) is 0.886. The maximum absolute atomic E-state index is 12.4. The van der Waals surface area contributed by atoms with Crippen LogP contribution < -0.4 is 5.32 Å². The van der Waals surface area contributed by atoms with Crippen molar-refractivity contribution in [2.24, 2.45) is 0 Å². The number of rotatable bonds is 39. The molecular formula is C44H85NO3. The third-order valence-corrected chi connectivity index (χ3v) is 9.94. The molecule has 4 heteroatoms. The zero-order valence-electron chi connectivity index (χ0n) is 32.5. The Morgan fingerprint density at radius 2 is 0.812 bits per heavy atom. The zero-order valence-corrected chi connectivity index (χ0v) is 32.5. The first kappa shape index (κ1) is 46.9. The smallest absolute Gasteiger partial charge is 0.220 e. The third kappa shape index (κ3) is 36.2. The lowest BCUT2D eigenvalue weighted by molar-refractivity contribution is -0.123. The van der Waals surface area contributed by atoms with Crippen molar-refractivity contribution in [3.05, 3.63) is 24.3 Å². The Bertz CT molecular complexity index is 691. The number of hydrogen-bond acceptors (Lipinski definition) is 3. The van der Waals surface area contributed by atoms with E-state index in [1.54, 1.807) is 6.08 Å². The number of unbranched alkanes of at least 4 members (excludes halogenated alkanes) is 30. The highest BCUT2D eigenvalue weighted by atomic mass is 16.3. The van der Waals surface area contributed by atoms with E-state index in [-0.39, 0.29) is 12.5 Å². The Labute approximate surface area is 300 Å². The second kappa shape index (κ2) is 40.3. The number of hydrogen-bond donors (Lipinski definition) is 3. The molecule has 2 atom stereocenters. The van der Waals surface area contributed by atoms with Gasteiger partial charge in [0.1, 0.15) is 0 Å². The van der Waals surface area contributed by atoms with Gasteiger partial charge in [-0.25, -0.2) is 0 Å². The fourth-order valence-corrected chi connectivity index (χ4v) is 6.61. The molecule has 0 aliphatic carbocycles. The molecule has 1 amide bonds. The SMILES string of the molecule is CCCCCCCCCCCCC/C=C/CC/C=C/C(O)C(CO)NC(=O)CCCCCCCCCCCCCCCCCCCCC. The van der Waals surface area contributed by atoms with Crippen LogP contribution in [0.4, 0.5) is 0 Å². The van der Waals surface area contributed by atoms with Gasteiger partial charge in [-0.15, -0.1) is 0 Å². The first-order valence-electron chi connectivity index (χ1n) is 21.6. The highest BCUT2D eigenvalue weighted by Crippen LogP contribution is 2.15. The number of carbonyl (C=O) groups is 1. The molecule has 2 unspecified atom stereocenters. The van der Waals surface area contributed by atoms with Crippen molar-refractivity contribution in [1.82, 2.24) is 5.32 Å². The molecule has 0 aliphatic rings. The molecule has 4 nitrogen and oxygen atoms in total. The van der Waals surface area contributed by atoms with Crippen LogP contribution >= 0.6 is 0 Å². The summed E-state index contributed by atoms with van der Waals surface area (Å²) < 4.78 is 0. The lowest BCUT2D eigenvalue weighted by Crippen LogP contribution is -2.45. The Morgan fingerprint density at radius 3 is 1.21 bits per heavy atom. The Morgan fingerprint density at radius 1 is 0.479 bits per heavy atom. The molecule has 0 rings (SSSR count). The van der Waals surface area contributed by atoms with E-state index >= 15 is 0 Å². The maximum Gasteiger partial charge on any atom is 0.220 e. The number of amides is 1. The molecule has 0 heterocycles. The van der Waals surface area contributed by atoms with Gasteiger partial charge in [-0.05, 0) is 32.1 Å². The predicted molar refractivity (Wildman–Crippen MR) is 212 cm³/mol. The van der Waals surface area contributed by atoms with Gasteiger partial charge in [-0.3, -0.25) is 4.79 Å². The van der Waals surface area contributed by atoms with E-state index in [0.29, 0.717) is 6.42 Å². The normalized spacial score (nSPS) is 13.2. The van der Waals surface area contributed by atoms with Crippen molar-refractivity contribution in [3.63, 3.8) is 0 Å². The first-order chi connectivity index (χ1) is 23.7. The summed E-state index contributed by atoms with van der Waals surface area (Å²) in [6, 6.07) is -0.634. The van der Waals surface area contributed by atoms with Gasteiger partial charge in [0, 0.05) is 6.42 Å². The Balaban J connectivity index is 3.58. The van der Waals surface area contributed by atoms with Crippen molar-refractivity contribution in [1.29, 1.82) is 0 Å². The average molecular weight is 676 g/mol. The molecule has 0 aliphatic heterocycles. The first-order valence-corrected chi connectivity index (χ1v) is 21.6. The van der Waals surface area contributed by atoms with E-state index in [1.807, 2.05) is 6.08 Å². The summed E-state index contributed by atoms with van der Waals surface area (Å²) in [5, 5.41) is 23.0. The molecule has 0 spiro atoms. The van der Waals surface area contributed by atoms with Crippen molar-refractivity contribution in [3.8, 4) is 0 Å². The monoisotopic (exact) mass is 676 g/mol. The maximum atomic E-state index is 12.4. The number of nitrogens with one attached hydrogen (secondary N) is 1. The van der Waals surface area contributed by atoms with Gasteiger partial charge in [-0.1, -0.05) is 218 Å². The summed E-state index contributed by atoms with van der Waals surface area (Å²) in [7, 11) is 0. The van der Waals surface area contributed by atoms with Gasteiger partial charge >= 0.3 is 0 Å². The molecule has 0 aromatic carbocycles. The number of aliphatic hydroxyl groups is 2. The van der Waals surface area contributed by atoms with Gasteiger partial charge in [0.2, 0.25) is 5.91 Å². The number of carbonyl (C=O) groups excluding carboxylic acids is 1. The van der Waals surface area contributed by atoms with Crippen LogP contribution in [-0.4, -0.2) is 34.9 Å². The summed E-state index contributed by atoms with van der Waals surface area (Å²) >= 11 is 0. The molecule has 0 aromatic heterocycles. The Hall–Kier alpha value is -1.13. The zero-order chi connectivity index (χ0) is 35.0. The van der Waals surface area contributed by atoms with Gasteiger partial charge in [0.25, 0.3) is 0 Å². The molecule has 0 bridgehead atoms. The highest BCUT2D eigenvalue weighted by Gasteiger charge is 2.17. The van der Waals surface area contributed by atoms with Crippen LogP contribution in [0.15, 0.2) is 24.3 Å². The summed E-state index contributed by atoms with van der Waals surface area (Å²) in [5.41, 5.74) is 0. The molecule has 0 aromatic rings. The fourth-order valence-electron chi connectivity index (χ4n) is 6.61. The van der Waals surface area contributed by atoms with Crippen LogP contribution in [0.25, 0.3) is 0 Å². The molecular weight excluding hydrogens is 590 g/mol. The van der Waals surface area contributed by atoms with Crippen molar-refractivity contribution in [2.75, 3.05) is 6.61 Å². The third-order valence-electron chi connectivity index (χ3n) is 9.94. The average Bonchev–Trinajstić information content (AvgIpc) is 3.09. The molecule has 3 N–H and O–H groups in total. The van der Waals surface area contributed by atoms with E-state index < -0.39 is 12.1 Å². The minimum Gasteiger partial charge on any atom is -0.394 e. The molecule has 284 valence electrons. The summed E-state index contributed by atoms with van der Waals surface area (Å²) in [4.78, 5) is 12.4. The largest absolute Gasteiger partial charge is 0.394 e. The van der Waals surface area contributed by atoms with Crippen LogP contribution in [0.1, 0.15) is 232 Å². The lowest BCUT2D eigenvalue weighted by atomic mass is 10.0. The van der Waals surface area contributed by atoms with Crippen LogP contribution in [0, 0.1) is 0 Å². The molecule has 0 radical (unpaired) electrons. The summed E-state index contributed by atoms with van der Waals surface area (Å²) in [6.07, 6.45) is 51.4. The number of aliphatic hydroxyl groups excluding tert-OH is 2. The highest BCUT2D eigenvalue weighted by molar-refractivity contribution is 5.76. The van der Waals surface area contributed by atoms with Gasteiger partial charge in [0.05, 0.1) is 18.8 Å².